The highest BCUT2D eigenvalue weighted by Crippen LogP contribution is 2.44. The SMILES string of the molecule is [C-]#[N+]c1c(Cl)c(C#N)c(Cl)c(Cl)c1Cc1c(F)cc([N+](=O)[O-])cc1F. The molecule has 0 fully saturated rings. The van der Waals surface area contributed by atoms with Gasteiger partial charge in [0, 0.05) is 5.56 Å². The molecule has 0 aliphatic carbocycles. The second-order valence-corrected chi connectivity index (χ2v) is 5.82. The molecule has 0 aliphatic rings. The number of non-ortho nitro benzene ring substituents is 1. The van der Waals surface area contributed by atoms with Crippen LogP contribution in [0.25, 0.3) is 4.85 Å². The fourth-order valence-corrected chi connectivity index (χ4v) is 2.95. The zero-order chi connectivity index (χ0) is 18.9. The van der Waals surface area contributed by atoms with Gasteiger partial charge in [0.2, 0.25) is 5.69 Å². The summed E-state index contributed by atoms with van der Waals surface area (Å²) >= 11 is 17.9. The summed E-state index contributed by atoms with van der Waals surface area (Å²) in [7, 11) is 0. The Morgan fingerprint density at radius 1 is 1.16 bits per heavy atom. The first-order valence-corrected chi connectivity index (χ1v) is 7.45. The van der Waals surface area contributed by atoms with E-state index in [0.717, 1.165) is 0 Å². The van der Waals surface area contributed by atoms with Gasteiger partial charge < -0.3 is 0 Å². The van der Waals surface area contributed by atoms with Crippen LogP contribution >= 0.6 is 34.8 Å². The molecule has 5 nitrogen and oxygen atoms in total. The van der Waals surface area contributed by atoms with E-state index in [0.29, 0.717) is 12.1 Å². The van der Waals surface area contributed by atoms with E-state index < -0.39 is 34.2 Å². The van der Waals surface area contributed by atoms with Gasteiger partial charge in [-0.1, -0.05) is 34.8 Å². The molecular weight excluding hydrogens is 399 g/mol. The summed E-state index contributed by atoms with van der Waals surface area (Å²) in [5.41, 5.74) is -1.89. The van der Waals surface area contributed by atoms with Crippen molar-refractivity contribution in [3.8, 4) is 6.07 Å². The molecule has 0 aromatic heterocycles. The first kappa shape index (κ1) is 18.9. The zero-order valence-electron chi connectivity index (χ0n) is 11.9. The summed E-state index contributed by atoms with van der Waals surface area (Å²) in [6.07, 6.45) is -0.530. The summed E-state index contributed by atoms with van der Waals surface area (Å²) in [5, 5.41) is 18.9. The molecule has 0 spiro atoms. The standard InChI is InChI=1S/C15H4Cl3F2N3O2/c1-22-15-8(12(16)13(17)9(5-21)14(15)18)4-7-10(19)2-6(23(24)25)3-11(7)20/h2-3H,4H2. The van der Waals surface area contributed by atoms with Crippen LogP contribution in [-0.4, -0.2) is 4.92 Å². The highest BCUT2D eigenvalue weighted by Gasteiger charge is 2.24. The largest absolute Gasteiger partial charge is 0.275 e. The molecule has 0 saturated heterocycles. The fraction of sp³-hybridized carbons (Fsp3) is 0.0667. The maximum atomic E-state index is 14.1. The zero-order valence-corrected chi connectivity index (χ0v) is 14.2. The molecule has 2 rings (SSSR count). The van der Waals surface area contributed by atoms with E-state index in [1.54, 1.807) is 6.07 Å². The van der Waals surface area contributed by atoms with Gasteiger partial charge in [-0.05, 0) is 12.0 Å². The second kappa shape index (κ2) is 7.20. The second-order valence-electron chi connectivity index (χ2n) is 4.69. The summed E-state index contributed by atoms with van der Waals surface area (Å²) < 4.78 is 28.2. The van der Waals surface area contributed by atoms with E-state index in [-0.39, 0.29) is 31.9 Å². The highest BCUT2D eigenvalue weighted by atomic mass is 35.5. The minimum Gasteiger partial charge on any atom is -0.258 e. The van der Waals surface area contributed by atoms with Crippen molar-refractivity contribution in [2.24, 2.45) is 0 Å². The average molecular weight is 403 g/mol. The van der Waals surface area contributed by atoms with Gasteiger partial charge in [0.1, 0.15) is 17.7 Å². The van der Waals surface area contributed by atoms with Crippen LogP contribution in [0.5, 0.6) is 0 Å². The molecule has 2 aromatic carbocycles. The Morgan fingerprint density at radius 2 is 1.72 bits per heavy atom. The number of rotatable bonds is 3. The lowest BCUT2D eigenvalue weighted by Gasteiger charge is -2.13. The quantitative estimate of drug-likeness (QED) is 0.280. The first-order chi connectivity index (χ1) is 11.7. The van der Waals surface area contributed by atoms with Gasteiger partial charge in [-0.25, -0.2) is 13.6 Å². The normalized spacial score (nSPS) is 10.2. The Labute approximate surface area is 154 Å². The van der Waals surface area contributed by atoms with E-state index in [1.165, 1.54) is 0 Å². The molecule has 0 heterocycles. The van der Waals surface area contributed by atoms with E-state index >= 15 is 0 Å². The number of nitriles is 1. The number of benzene rings is 2. The van der Waals surface area contributed by atoms with Gasteiger partial charge in [0.25, 0.3) is 5.69 Å². The van der Waals surface area contributed by atoms with Crippen molar-refractivity contribution in [1.29, 1.82) is 5.26 Å². The molecule has 0 amide bonds. The fourth-order valence-electron chi connectivity index (χ4n) is 2.11. The molecule has 0 aliphatic heterocycles. The van der Waals surface area contributed by atoms with E-state index in [4.69, 9.17) is 46.6 Å². The van der Waals surface area contributed by atoms with E-state index in [2.05, 4.69) is 4.85 Å². The van der Waals surface area contributed by atoms with Crippen LogP contribution in [0.15, 0.2) is 12.1 Å². The van der Waals surface area contributed by atoms with Gasteiger partial charge in [0.15, 0.2) is 0 Å². The summed E-state index contributed by atoms with van der Waals surface area (Å²) in [6.45, 7) is 7.18. The predicted octanol–water partition coefficient (Wildman–Crippen LogP) is 5.85. The third-order valence-electron chi connectivity index (χ3n) is 3.30. The summed E-state index contributed by atoms with van der Waals surface area (Å²) in [5.74, 6) is -2.37. The molecule has 0 unspecified atom stereocenters. The van der Waals surface area contributed by atoms with Crippen molar-refractivity contribution < 1.29 is 13.7 Å². The van der Waals surface area contributed by atoms with Crippen LogP contribution in [0.2, 0.25) is 15.1 Å². The number of hydrogen-bond donors (Lipinski definition) is 0. The number of nitrogens with zero attached hydrogens (tertiary/aromatic N) is 3. The van der Waals surface area contributed by atoms with Crippen LogP contribution in [0.1, 0.15) is 16.7 Å². The molecule has 126 valence electrons. The van der Waals surface area contributed by atoms with Crippen molar-refractivity contribution >= 4 is 46.2 Å². The van der Waals surface area contributed by atoms with E-state index in [1.807, 2.05) is 0 Å². The number of halogens is 5. The minimum atomic E-state index is -1.18. The Bertz CT molecular complexity index is 974. The Balaban J connectivity index is 2.69. The summed E-state index contributed by atoms with van der Waals surface area (Å²) in [6, 6.07) is 2.80. The summed E-state index contributed by atoms with van der Waals surface area (Å²) in [4.78, 5) is 12.8. The Kier molecular flexibility index (Phi) is 5.44. The third-order valence-corrected chi connectivity index (χ3v) is 4.56. The van der Waals surface area contributed by atoms with Gasteiger partial charge >= 0.3 is 0 Å². The van der Waals surface area contributed by atoms with Gasteiger partial charge in [0.05, 0.1) is 44.3 Å². The van der Waals surface area contributed by atoms with Crippen LogP contribution in [0.4, 0.5) is 20.2 Å². The molecule has 0 atom stereocenters. The van der Waals surface area contributed by atoms with Crippen LogP contribution in [0, 0.1) is 39.7 Å². The molecule has 10 heteroatoms. The first-order valence-electron chi connectivity index (χ1n) is 6.32. The smallest absolute Gasteiger partial charge is 0.258 e. The minimum absolute atomic E-state index is 0.0858. The molecule has 0 bridgehead atoms. The third kappa shape index (κ3) is 3.35. The van der Waals surface area contributed by atoms with Crippen molar-refractivity contribution in [3.05, 3.63) is 77.1 Å². The Hall–Kier alpha value is -2.45. The maximum Gasteiger partial charge on any atom is 0.275 e. The molecule has 25 heavy (non-hydrogen) atoms. The van der Waals surface area contributed by atoms with Gasteiger partial charge in [-0.2, -0.15) is 5.26 Å². The monoisotopic (exact) mass is 401 g/mol. The lowest BCUT2D eigenvalue weighted by molar-refractivity contribution is -0.385. The van der Waals surface area contributed by atoms with Crippen LogP contribution in [-0.2, 0) is 6.42 Å². The van der Waals surface area contributed by atoms with Crippen molar-refractivity contribution in [3.63, 3.8) is 0 Å². The lowest BCUT2D eigenvalue weighted by atomic mass is 10.00. The van der Waals surface area contributed by atoms with Crippen LogP contribution in [0.3, 0.4) is 0 Å². The molecule has 0 radical (unpaired) electrons. The highest BCUT2D eigenvalue weighted by molar-refractivity contribution is 6.46. The number of hydrogen-bond acceptors (Lipinski definition) is 3. The van der Waals surface area contributed by atoms with Crippen molar-refractivity contribution in [2.75, 3.05) is 0 Å². The lowest BCUT2D eigenvalue weighted by Crippen LogP contribution is -2.02. The van der Waals surface area contributed by atoms with Gasteiger partial charge in [-0.15, -0.1) is 0 Å². The number of nitro benzene ring substituents is 1. The average Bonchev–Trinajstić information content (AvgIpc) is 2.55. The molecule has 0 N–H and O–H groups in total. The Morgan fingerprint density at radius 3 is 2.16 bits per heavy atom. The van der Waals surface area contributed by atoms with E-state index in [9.17, 15) is 18.9 Å². The maximum absolute atomic E-state index is 14.1. The number of nitro groups is 1. The van der Waals surface area contributed by atoms with Crippen molar-refractivity contribution in [2.45, 2.75) is 6.42 Å². The van der Waals surface area contributed by atoms with Crippen LogP contribution < -0.4 is 0 Å². The van der Waals surface area contributed by atoms with Gasteiger partial charge in [-0.3, -0.25) is 10.1 Å². The molecular formula is C15H4Cl3F2N3O2. The van der Waals surface area contributed by atoms with Crippen molar-refractivity contribution in [1.82, 2.24) is 0 Å². The molecule has 0 saturated carbocycles. The topological polar surface area (TPSA) is 71.3 Å². The molecule has 2 aromatic rings. The predicted molar refractivity (Wildman–Crippen MR) is 88.3 cm³/mol.